The maximum Gasteiger partial charge on any atom is 0.307 e. The van der Waals surface area contributed by atoms with Gasteiger partial charge >= 0.3 is 5.97 Å². The Morgan fingerprint density at radius 3 is 2.50 bits per heavy atom. The third-order valence-corrected chi connectivity index (χ3v) is 4.78. The molecule has 0 unspecified atom stereocenters. The molecule has 1 saturated carbocycles. The number of hydrogen-bond donors (Lipinski definition) is 2. The number of nitrogens with one attached hydrogen (secondary N) is 1. The molecule has 24 heavy (non-hydrogen) atoms. The highest BCUT2D eigenvalue weighted by Gasteiger charge is 2.65. The summed E-state index contributed by atoms with van der Waals surface area (Å²) in [4.78, 5) is 23.4. The van der Waals surface area contributed by atoms with E-state index >= 15 is 0 Å². The van der Waals surface area contributed by atoms with Crippen LogP contribution in [-0.2, 0) is 16.1 Å². The smallest absolute Gasteiger partial charge is 0.307 e. The van der Waals surface area contributed by atoms with E-state index in [1.165, 1.54) is 0 Å². The average molecular weight is 348 g/mol. The largest absolute Gasteiger partial charge is 0.481 e. The first-order chi connectivity index (χ1) is 11.3. The van der Waals surface area contributed by atoms with Crippen molar-refractivity contribution >= 4 is 29.3 Å². The van der Waals surface area contributed by atoms with Crippen LogP contribution in [0, 0.1) is 17.3 Å². The molecule has 126 valence electrons. The van der Waals surface area contributed by atoms with E-state index in [1.807, 2.05) is 24.3 Å². The number of carbonyl (C=O) groups excluding carboxylic acids is 1. The zero-order valence-electron chi connectivity index (χ0n) is 13.4. The number of anilines is 1. The van der Waals surface area contributed by atoms with Crippen molar-refractivity contribution in [1.29, 1.82) is 0 Å². The molecule has 0 saturated heterocycles. The van der Waals surface area contributed by atoms with Gasteiger partial charge in [0.2, 0.25) is 5.91 Å². The fourth-order valence-corrected chi connectivity index (χ4v) is 3.21. The number of carboxylic acids is 1. The van der Waals surface area contributed by atoms with Crippen molar-refractivity contribution in [2.45, 2.75) is 20.4 Å². The van der Waals surface area contributed by atoms with E-state index in [0.29, 0.717) is 17.4 Å². The van der Waals surface area contributed by atoms with Crippen molar-refractivity contribution in [1.82, 2.24) is 9.78 Å². The number of carboxylic acid groups (broad SMARTS) is 1. The van der Waals surface area contributed by atoms with Crippen LogP contribution in [0.1, 0.15) is 19.4 Å². The van der Waals surface area contributed by atoms with E-state index in [0.717, 1.165) is 5.56 Å². The van der Waals surface area contributed by atoms with Crippen molar-refractivity contribution in [3.63, 3.8) is 0 Å². The molecule has 2 aromatic rings. The molecule has 0 bridgehead atoms. The molecule has 1 aliphatic rings. The van der Waals surface area contributed by atoms with Gasteiger partial charge in [0.15, 0.2) is 5.82 Å². The predicted molar refractivity (Wildman–Crippen MR) is 89.8 cm³/mol. The molecule has 2 N–H and O–H groups in total. The molecule has 1 aromatic heterocycles. The quantitative estimate of drug-likeness (QED) is 0.871. The second-order valence-electron chi connectivity index (χ2n) is 6.63. The van der Waals surface area contributed by atoms with Crippen LogP contribution in [0.4, 0.5) is 5.82 Å². The van der Waals surface area contributed by atoms with Crippen LogP contribution in [0.5, 0.6) is 0 Å². The molecule has 7 heteroatoms. The monoisotopic (exact) mass is 347 g/mol. The number of aliphatic carboxylic acids is 1. The number of rotatable bonds is 5. The molecule has 1 fully saturated rings. The molecule has 6 nitrogen and oxygen atoms in total. The standard InChI is InChI=1S/C17H18ClN3O3/c1-17(2)13(14(17)16(23)24)15(22)19-12-7-8-21(20-12)9-10-3-5-11(18)6-4-10/h3-8,13-14H,9H2,1-2H3,(H,23,24)(H,19,20,22)/t13-,14+/m0/s1. The first-order valence-corrected chi connectivity index (χ1v) is 7.98. The topological polar surface area (TPSA) is 84.2 Å². The van der Waals surface area contributed by atoms with E-state index < -0.39 is 23.2 Å². The number of halogens is 1. The van der Waals surface area contributed by atoms with Crippen LogP contribution in [0.25, 0.3) is 0 Å². The van der Waals surface area contributed by atoms with Gasteiger partial charge in [-0.05, 0) is 23.1 Å². The summed E-state index contributed by atoms with van der Waals surface area (Å²) in [6, 6.07) is 9.13. The molecular formula is C17H18ClN3O3. The summed E-state index contributed by atoms with van der Waals surface area (Å²) in [5, 5.41) is 16.8. The summed E-state index contributed by atoms with van der Waals surface area (Å²) < 4.78 is 1.70. The van der Waals surface area contributed by atoms with Gasteiger partial charge in [0.05, 0.1) is 18.4 Å². The van der Waals surface area contributed by atoms with Crippen molar-refractivity contribution in [2.75, 3.05) is 5.32 Å². The predicted octanol–water partition coefficient (Wildman–Crippen LogP) is 2.88. The molecule has 0 spiro atoms. The third kappa shape index (κ3) is 3.14. The number of nitrogens with zero attached hydrogens (tertiary/aromatic N) is 2. The summed E-state index contributed by atoms with van der Waals surface area (Å²) in [5.41, 5.74) is 0.511. The Morgan fingerprint density at radius 1 is 1.25 bits per heavy atom. The summed E-state index contributed by atoms with van der Waals surface area (Å²) in [7, 11) is 0. The molecule has 0 radical (unpaired) electrons. The highest BCUT2D eigenvalue weighted by molar-refractivity contribution is 6.30. The van der Waals surface area contributed by atoms with Gasteiger partial charge < -0.3 is 10.4 Å². The van der Waals surface area contributed by atoms with Crippen molar-refractivity contribution in [2.24, 2.45) is 17.3 Å². The molecule has 1 amide bonds. The van der Waals surface area contributed by atoms with Gasteiger partial charge in [0, 0.05) is 17.3 Å². The van der Waals surface area contributed by atoms with Crippen molar-refractivity contribution in [3.05, 3.63) is 47.1 Å². The van der Waals surface area contributed by atoms with Crippen LogP contribution in [0.2, 0.25) is 5.02 Å². The van der Waals surface area contributed by atoms with Gasteiger partial charge in [0.1, 0.15) is 0 Å². The minimum Gasteiger partial charge on any atom is -0.481 e. The van der Waals surface area contributed by atoms with Crippen LogP contribution in [0.15, 0.2) is 36.5 Å². The second-order valence-corrected chi connectivity index (χ2v) is 7.07. The second kappa shape index (κ2) is 5.94. The Balaban J connectivity index is 1.63. The number of aromatic nitrogens is 2. The summed E-state index contributed by atoms with van der Waals surface area (Å²) in [6.07, 6.45) is 1.76. The molecule has 0 aliphatic heterocycles. The van der Waals surface area contributed by atoms with Gasteiger partial charge in [0.25, 0.3) is 0 Å². The molecule has 1 aliphatic carbocycles. The van der Waals surface area contributed by atoms with E-state index in [1.54, 1.807) is 30.8 Å². The average Bonchev–Trinajstić information content (AvgIpc) is 2.85. The van der Waals surface area contributed by atoms with Gasteiger partial charge in [-0.1, -0.05) is 37.6 Å². The highest BCUT2D eigenvalue weighted by Crippen LogP contribution is 2.58. The summed E-state index contributed by atoms with van der Waals surface area (Å²) in [6.45, 7) is 4.13. The van der Waals surface area contributed by atoms with Crippen LogP contribution in [0.3, 0.4) is 0 Å². The number of hydrogen-bond acceptors (Lipinski definition) is 3. The Hall–Kier alpha value is -2.34. The van der Waals surface area contributed by atoms with Crippen LogP contribution in [-0.4, -0.2) is 26.8 Å². The third-order valence-electron chi connectivity index (χ3n) is 4.53. The lowest BCUT2D eigenvalue weighted by Gasteiger charge is -2.04. The normalized spacial score (nSPS) is 21.3. The van der Waals surface area contributed by atoms with Crippen LogP contribution >= 0.6 is 11.6 Å². The lowest BCUT2D eigenvalue weighted by molar-refractivity contribution is -0.140. The Bertz CT molecular complexity index is 783. The minimum absolute atomic E-state index is 0.302. The fourth-order valence-electron chi connectivity index (χ4n) is 3.09. The number of amides is 1. The van der Waals surface area contributed by atoms with Gasteiger partial charge in [-0.15, -0.1) is 0 Å². The highest BCUT2D eigenvalue weighted by atomic mass is 35.5. The molecule has 3 rings (SSSR count). The van der Waals surface area contributed by atoms with E-state index in [-0.39, 0.29) is 5.91 Å². The first-order valence-electron chi connectivity index (χ1n) is 7.60. The lowest BCUT2D eigenvalue weighted by atomic mass is 10.1. The molecule has 1 heterocycles. The molecule has 1 aromatic carbocycles. The Kier molecular flexibility index (Phi) is 4.09. The first kappa shape index (κ1) is 16.5. The molecular weight excluding hydrogens is 330 g/mol. The zero-order chi connectivity index (χ0) is 17.5. The van der Waals surface area contributed by atoms with Gasteiger partial charge in [-0.2, -0.15) is 5.10 Å². The Morgan fingerprint density at radius 2 is 1.92 bits per heavy atom. The fraction of sp³-hybridized carbons (Fsp3) is 0.353. The Labute approximate surface area is 144 Å². The van der Waals surface area contributed by atoms with Crippen LogP contribution < -0.4 is 5.32 Å². The number of carbonyl (C=O) groups is 2. The molecule has 2 atom stereocenters. The van der Waals surface area contributed by atoms with Gasteiger partial charge in [-0.3, -0.25) is 14.3 Å². The summed E-state index contributed by atoms with van der Waals surface area (Å²) >= 11 is 5.86. The maximum atomic E-state index is 12.3. The van der Waals surface area contributed by atoms with Crippen molar-refractivity contribution < 1.29 is 14.7 Å². The SMILES string of the molecule is CC1(C)[C@H](C(=O)Nc2ccn(Cc3ccc(Cl)cc3)n2)[C@@H]1C(=O)O. The lowest BCUT2D eigenvalue weighted by Crippen LogP contribution is -2.18. The maximum absolute atomic E-state index is 12.3. The number of benzene rings is 1. The minimum atomic E-state index is -0.937. The zero-order valence-corrected chi connectivity index (χ0v) is 14.1. The summed E-state index contributed by atoms with van der Waals surface area (Å²) in [5.74, 6) is -2.00. The van der Waals surface area contributed by atoms with E-state index in [2.05, 4.69) is 10.4 Å². The van der Waals surface area contributed by atoms with Crippen molar-refractivity contribution in [3.8, 4) is 0 Å². The van der Waals surface area contributed by atoms with E-state index in [9.17, 15) is 9.59 Å². The van der Waals surface area contributed by atoms with Gasteiger partial charge in [-0.25, -0.2) is 0 Å². The van der Waals surface area contributed by atoms with E-state index in [4.69, 9.17) is 16.7 Å².